The molecule has 0 aromatic heterocycles. The molecule has 1 nitrogen and oxygen atoms in total. The molecule has 3 aliphatic carbocycles. The second-order valence-electron chi connectivity index (χ2n) is 11.2. The van der Waals surface area contributed by atoms with Crippen LogP contribution in [-0.2, 0) is 0 Å². The van der Waals surface area contributed by atoms with Gasteiger partial charge in [0.1, 0.15) is 5.75 Å². The minimum atomic E-state index is -4.63. The average molecular weight is 475 g/mol. The summed E-state index contributed by atoms with van der Waals surface area (Å²) in [6, 6.07) is 6.47. The largest absolute Gasteiger partial charge is 0.573 e. The first-order valence-electron chi connectivity index (χ1n) is 13.6. The van der Waals surface area contributed by atoms with Gasteiger partial charge in [0.15, 0.2) is 0 Å². The van der Waals surface area contributed by atoms with Crippen molar-refractivity contribution in [2.45, 2.75) is 96.3 Å². The van der Waals surface area contributed by atoms with Crippen LogP contribution in [0.3, 0.4) is 0 Å². The van der Waals surface area contributed by atoms with Crippen LogP contribution in [0.2, 0.25) is 0 Å². The van der Waals surface area contributed by atoms with E-state index in [9.17, 15) is 13.2 Å². The Morgan fingerprint density at radius 2 is 1.00 bits per heavy atom. The summed E-state index contributed by atoms with van der Waals surface area (Å²) in [7, 11) is 0. The van der Waals surface area contributed by atoms with Crippen molar-refractivity contribution >= 4 is 0 Å². The van der Waals surface area contributed by atoms with Crippen molar-refractivity contribution < 1.29 is 17.9 Å². The Hall–Kier alpha value is -1.71. The lowest BCUT2D eigenvalue weighted by Crippen LogP contribution is -2.17. The molecule has 3 saturated carbocycles. The van der Waals surface area contributed by atoms with E-state index in [0.717, 1.165) is 42.1 Å². The van der Waals surface area contributed by atoms with Crippen LogP contribution in [0, 0.1) is 29.6 Å². The number of alkyl halides is 3. The highest BCUT2D eigenvalue weighted by Crippen LogP contribution is 2.38. The first-order valence-corrected chi connectivity index (χ1v) is 13.6. The van der Waals surface area contributed by atoms with Crippen molar-refractivity contribution in [2.75, 3.05) is 0 Å². The predicted molar refractivity (Wildman–Crippen MR) is 133 cm³/mol. The SMILES string of the molecule is CC1CCC(/C=C/C2CCC(/C=C/C3CCC(c4ccc(OC(F)(F)F)cc4)CC3)CC2)CC1. The monoisotopic (exact) mass is 474 g/mol. The summed E-state index contributed by atoms with van der Waals surface area (Å²) in [5.74, 6) is 4.23. The lowest BCUT2D eigenvalue weighted by Gasteiger charge is -2.29. The molecular weight excluding hydrogens is 433 g/mol. The normalized spacial score (nSPS) is 33.4. The lowest BCUT2D eigenvalue weighted by atomic mass is 9.77. The van der Waals surface area contributed by atoms with Gasteiger partial charge in [-0.1, -0.05) is 56.2 Å². The summed E-state index contributed by atoms with van der Waals surface area (Å²) in [4.78, 5) is 0. The van der Waals surface area contributed by atoms with E-state index in [0.29, 0.717) is 11.8 Å². The Morgan fingerprint density at radius 3 is 1.41 bits per heavy atom. The van der Waals surface area contributed by atoms with Gasteiger partial charge in [-0.25, -0.2) is 0 Å². The van der Waals surface area contributed by atoms with Crippen LogP contribution < -0.4 is 4.74 Å². The maximum absolute atomic E-state index is 12.3. The maximum atomic E-state index is 12.3. The zero-order valence-corrected chi connectivity index (χ0v) is 20.6. The van der Waals surface area contributed by atoms with E-state index in [4.69, 9.17) is 0 Å². The lowest BCUT2D eigenvalue weighted by molar-refractivity contribution is -0.274. The highest BCUT2D eigenvalue weighted by Gasteiger charge is 2.31. The third-order valence-corrected chi connectivity index (χ3v) is 8.54. The van der Waals surface area contributed by atoms with Gasteiger partial charge in [0.25, 0.3) is 0 Å². The van der Waals surface area contributed by atoms with Gasteiger partial charge in [0.05, 0.1) is 0 Å². The summed E-state index contributed by atoms with van der Waals surface area (Å²) in [6.07, 6.45) is 20.8. The number of rotatable bonds is 6. The van der Waals surface area contributed by atoms with Crippen molar-refractivity contribution in [2.24, 2.45) is 29.6 Å². The van der Waals surface area contributed by atoms with Crippen LogP contribution in [0.15, 0.2) is 48.6 Å². The molecule has 0 heterocycles. The highest BCUT2D eigenvalue weighted by molar-refractivity contribution is 5.30. The molecule has 1 aromatic rings. The third kappa shape index (κ3) is 7.92. The van der Waals surface area contributed by atoms with Crippen molar-refractivity contribution in [3.8, 4) is 5.75 Å². The quantitative estimate of drug-likeness (QED) is 0.373. The molecule has 34 heavy (non-hydrogen) atoms. The number of ether oxygens (including phenoxy) is 1. The van der Waals surface area contributed by atoms with Gasteiger partial charge in [-0.05, 0) is 117 Å². The fourth-order valence-electron chi connectivity index (χ4n) is 6.22. The Kier molecular flexibility index (Phi) is 8.82. The molecule has 3 aliphatic rings. The zero-order valence-electron chi connectivity index (χ0n) is 20.6. The van der Waals surface area contributed by atoms with Crippen LogP contribution >= 0.6 is 0 Å². The summed E-state index contributed by atoms with van der Waals surface area (Å²) in [6.45, 7) is 2.39. The Bertz CT molecular complexity index is 785. The molecule has 3 fully saturated rings. The second-order valence-corrected chi connectivity index (χ2v) is 11.2. The molecule has 0 atom stereocenters. The molecule has 0 radical (unpaired) electrons. The Balaban J connectivity index is 1.15. The highest BCUT2D eigenvalue weighted by atomic mass is 19.4. The molecule has 188 valence electrons. The van der Waals surface area contributed by atoms with Gasteiger partial charge in [-0.3, -0.25) is 0 Å². The van der Waals surface area contributed by atoms with Crippen molar-refractivity contribution in [3.63, 3.8) is 0 Å². The molecule has 0 saturated heterocycles. The van der Waals surface area contributed by atoms with Gasteiger partial charge in [0.2, 0.25) is 0 Å². The van der Waals surface area contributed by atoms with Gasteiger partial charge in [-0.15, -0.1) is 13.2 Å². The fourth-order valence-corrected chi connectivity index (χ4v) is 6.22. The van der Waals surface area contributed by atoms with Gasteiger partial charge in [-0.2, -0.15) is 0 Å². The molecule has 0 amide bonds. The van der Waals surface area contributed by atoms with Crippen molar-refractivity contribution in [1.82, 2.24) is 0 Å². The third-order valence-electron chi connectivity index (χ3n) is 8.54. The van der Waals surface area contributed by atoms with Gasteiger partial charge >= 0.3 is 6.36 Å². The number of hydrogen-bond acceptors (Lipinski definition) is 1. The predicted octanol–water partition coefficient (Wildman–Crippen LogP) is 9.60. The van der Waals surface area contributed by atoms with E-state index < -0.39 is 6.36 Å². The van der Waals surface area contributed by atoms with E-state index in [1.54, 1.807) is 12.1 Å². The first-order chi connectivity index (χ1) is 16.3. The minimum absolute atomic E-state index is 0.137. The molecule has 0 aliphatic heterocycles. The standard InChI is InChI=1S/C30H41F3O/c1-22-2-4-23(5-3-22)6-7-24-8-10-25(11-9-24)12-13-26-14-16-27(17-15-26)28-18-20-29(21-19-28)34-30(31,32)33/h6-7,12-13,18-27H,2-5,8-11,14-17H2,1H3/b7-6+,13-12+. The number of hydrogen-bond donors (Lipinski definition) is 0. The van der Waals surface area contributed by atoms with Crippen LogP contribution in [0.25, 0.3) is 0 Å². The van der Waals surface area contributed by atoms with E-state index in [1.807, 2.05) is 0 Å². The van der Waals surface area contributed by atoms with Crippen LogP contribution in [-0.4, -0.2) is 6.36 Å². The topological polar surface area (TPSA) is 9.23 Å². The van der Waals surface area contributed by atoms with Crippen molar-refractivity contribution in [3.05, 3.63) is 54.1 Å². The second kappa shape index (κ2) is 11.8. The van der Waals surface area contributed by atoms with Crippen LogP contribution in [0.1, 0.15) is 95.5 Å². The fraction of sp³-hybridized carbons (Fsp3) is 0.667. The van der Waals surface area contributed by atoms with Crippen LogP contribution in [0.5, 0.6) is 5.75 Å². The molecule has 4 rings (SSSR count). The summed E-state index contributed by atoms with van der Waals surface area (Å²) >= 11 is 0. The van der Waals surface area contributed by atoms with E-state index in [1.165, 1.54) is 76.3 Å². The smallest absolute Gasteiger partial charge is 0.406 e. The molecule has 0 unspecified atom stereocenters. The van der Waals surface area contributed by atoms with Crippen molar-refractivity contribution in [1.29, 1.82) is 0 Å². The van der Waals surface area contributed by atoms with E-state index in [2.05, 4.69) is 36.0 Å². The maximum Gasteiger partial charge on any atom is 0.573 e. The van der Waals surface area contributed by atoms with Crippen LogP contribution in [0.4, 0.5) is 13.2 Å². The summed E-state index contributed by atoms with van der Waals surface area (Å²) in [5.41, 5.74) is 1.13. The molecule has 1 aromatic carbocycles. The molecule has 4 heteroatoms. The molecule has 0 N–H and O–H groups in total. The molecule has 0 bridgehead atoms. The minimum Gasteiger partial charge on any atom is -0.406 e. The van der Waals surface area contributed by atoms with E-state index >= 15 is 0 Å². The number of benzene rings is 1. The Labute approximate surface area is 203 Å². The number of allylic oxidation sites excluding steroid dienone is 4. The summed E-state index contributed by atoms with van der Waals surface area (Å²) in [5, 5.41) is 0. The van der Waals surface area contributed by atoms with Gasteiger partial charge < -0.3 is 4.74 Å². The molecular formula is C30H41F3O. The number of halogens is 3. The van der Waals surface area contributed by atoms with E-state index in [-0.39, 0.29) is 5.75 Å². The molecule has 0 spiro atoms. The summed E-state index contributed by atoms with van der Waals surface area (Å²) < 4.78 is 41.0. The van der Waals surface area contributed by atoms with Gasteiger partial charge in [0, 0.05) is 0 Å². The Morgan fingerprint density at radius 1 is 0.618 bits per heavy atom. The average Bonchev–Trinajstić information content (AvgIpc) is 2.83. The zero-order chi connectivity index (χ0) is 24.0. The first kappa shape index (κ1) is 25.4.